The van der Waals surface area contributed by atoms with Crippen LogP contribution in [0.1, 0.15) is 0 Å². The summed E-state index contributed by atoms with van der Waals surface area (Å²) in [6.07, 6.45) is -2.33. The summed E-state index contributed by atoms with van der Waals surface area (Å²) in [6, 6.07) is 0. The molecule has 0 heterocycles. The molecule has 0 saturated heterocycles. The van der Waals surface area contributed by atoms with Crippen molar-refractivity contribution < 1.29 is 80.9 Å². The van der Waals surface area contributed by atoms with E-state index in [1.165, 1.54) is 0 Å². The number of hydrogen-bond donors (Lipinski definition) is 2. The quantitative estimate of drug-likeness (QED) is 0.284. The van der Waals surface area contributed by atoms with Gasteiger partial charge in [-0.3, -0.25) is 9.11 Å². The van der Waals surface area contributed by atoms with E-state index in [4.69, 9.17) is 32.5 Å². The van der Waals surface area contributed by atoms with Crippen LogP contribution in [0.25, 0.3) is 0 Å². The molecule has 11 heavy (non-hydrogen) atoms. The number of hydrogen-bond acceptors (Lipinski definition) is 5. The van der Waals surface area contributed by atoms with E-state index in [2.05, 4.69) is 0 Å². The Kier molecular flexibility index (Phi) is 22.1. The molecule has 0 atom stereocenters. The molecule has 0 amide bonds. The second-order valence-electron chi connectivity index (χ2n) is 0.698. The summed E-state index contributed by atoms with van der Waals surface area (Å²) in [6.45, 7) is 0. The molecule has 7 nitrogen and oxygen atoms in total. The summed E-state index contributed by atoms with van der Waals surface area (Å²) in [4.78, 5) is 8.33. The van der Waals surface area contributed by atoms with Gasteiger partial charge in [-0.1, -0.05) is 0 Å². The smallest absolute Gasteiger partial charge is 0.652 e. The Morgan fingerprint density at radius 1 is 1.18 bits per heavy atom. The summed E-state index contributed by atoms with van der Waals surface area (Å²) >= 11 is 0. The number of carboxylic acid groups (broad SMARTS) is 2. The van der Waals surface area contributed by atoms with Crippen LogP contribution in [0.15, 0.2) is 0 Å². The average molecular weight is 188 g/mol. The van der Waals surface area contributed by atoms with Gasteiger partial charge in [0.05, 0.1) is 0 Å². The van der Waals surface area contributed by atoms with Crippen LogP contribution in [-0.2, 0) is 10.4 Å². The van der Waals surface area contributed by atoms with Crippen molar-refractivity contribution >= 4 is 16.6 Å². The van der Waals surface area contributed by atoms with Crippen LogP contribution >= 0.6 is 0 Å². The van der Waals surface area contributed by atoms with Gasteiger partial charge in [0.1, 0.15) is 0 Å². The Labute approximate surface area is 96.8 Å². The first kappa shape index (κ1) is 22.6. The molecule has 0 unspecified atom stereocenters. The van der Waals surface area contributed by atoms with Gasteiger partial charge in [-0.2, -0.15) is 8.42 Å². The van der Waals surface area contributed by atoms with Crippen LogP contribution in [0.2, 0.25) is 0 Å². The average Bonchev–Trinajstić information content (AvgIpc) is 1.19. The third-order valence-corrected chi connectivity index (χ3v) is 0. The van der Waals surface area contributed by atoms with Crippen molar-refractivity contribution in [1.29, 1.82) is 0 Å². The maximum atomic E-state index is 8.74. The Hall–Kier alpha value is 0.737. The first-order valence-corrected chi connectivity index (χ1v) is 2.71. The first-order chi connectivity index (χ1) is 3.73. The molecule has 2 N–H and O–H groups in total. The number of rotatable bonds is 0. The van der Waals surface area contributed by atoms with Gasteiger partial charge in [0, 0.05) is 0 Å². The summed E-state index contributed by atoms with van der Waals surface area (Å²) in [7, 11) is -4.67. The molecule has 0 aromatic rings. The topological polar surface area (TPSA) is 138 Å². The number of carbonyl (C=O) groups is 1. The standard InChI is InChI=1S/CH2O3.Li.Na.H2O4S/c2-1(3)4;;;1-5(2,3)4/h(H2,2,3,4);;;(H2,1,2,3,4)/q;2*+1;/p-2. The van der Waals surface area contributed by atoms with Crippen molar-refractivity contribution in [1.82, 2.24) is 0 Å². The minimum Gasteiger partial charge on any atom is -0.652 e. The van der Waals surface area contributed by atoms with Gasteiger partial charge in [-0.15, -0.1) is 0 Å². The molecule has 10 heteroatoms. The normalized spacial score (nSPS) is 7.45. The van der Waals surface area contributed by atoms with E-state index in [9.17, 15) is 0 Å². The molecule has 0 aromatic carbocycles. The summed E-state index contributed by atoms with van der Waals surface area (Å²) in [5, 5.41) is 16.7. The van der Waals surface area contributed by atoms with Crippen molar-refractivity contribution in [2.75, 3.05) is 0 Å². The zero-order chi connectivity index (χ0) is 8.08. The molecule has 0 rings (SSSR count). The van der Waals surface area contributed by atoms with Gasteiger partial charge in [0.15, 0.2) is 0 Å². The van der Waals surface area contributed by atoms with E-state index in [0.717, 1.165) is 0 Å². The summed E-state index contributed by atoms with van der Waals surface area (Å²) < 4.78 is 31.6. The van der Waals surface area contributed by atoms with Crippen LogP contribution in [0, 0.1) is 0 Å². The SMILES string of the molecule is O=C([O-])[O-].O=S(=O)(O)O.[Li+].[Na+]. The van der Waals surface area contributed by atoms with E-state index in [1.807, 2.05) is 0 Å². The molecule has 0 spiro atoms. The van der Waals surface area contributed by atoms with Crippen molar-refractivity contribution in [2.24, 2.45) is 0 Å². The van der Waals surface area contributed by atoms with Crippen LogP contribution in [0.4, 0.5) is 4.79 Å². The first-order valence-electron chi connectivity index (χ1n) is 1.31. The Morgan fingerprint density at radius 3 is 1.18 bits per heavy atom. The maximum absolute atomic E-state index is 8.74. The van der Waals surface area contributed by atoms with Crippen molar-refractivity contribution in [3.8, 4) is 0 Å². The maximum Gasteiger partial charge on any atom is 1.00 e. The van der Waals surface area contributed by atoms with Gasteiger partial charge in [-0.25, -0.2) is 0 Å². The molecule has 0 radical (unpaired) electrons. The van der Waals surface area contributed by atoms with E-state index >= 15 is 0 Å². The molecule has 0 aliphatic rings. The molecule has 0 bridgehead atoms. The van der Waals surface area contributed by atoms with Crippen LogP contribution in [0.3, 0.4) is 0 Å². The van der Waals surface area contributed by atoms with Gasteiger partial charge in [0.25, 0.3) is 0 Å². The van der Waals surface area contributed by atoms with Crippen LogP contribution in [-0.4, -0.2) is 23.7 Å². The van der Waals surface area contributed by atoms with Gasteiger partial charge in [0.2, 0.25) is 0 Å². The van der Waals surface area contributed by atoms with E-state index in [-0.39, 0.29) is 48.4 Å². The molecule has 0 aliphatic heterocycles. The van der Waals surface area contributed by atoms with Gasteiger partial charge in [-0.05, 0) is 6.16 Å². The zero-order valence-electron chi connectivity index (χ0n) is 5.84. The van der Waals surface area contributed by atoms with E-state index in [1.54, 1.807) is 0 Å². The molecular formula is CH2LiNaO7S. The fourth-order valence-electron chi connectivity index (χ4n) is 0. The zero-order valence-corrected chi connectivity index (χ0v) is 8.66. The third kappa shape index (κ3) is 1510. The monoisotopic (exact) mass is 188 g/mol. The molecular weight excluding hydrogens is 186 g/mol. The van der Waals surface area contributed by atoms with Crippen LogP contribution in [0.5, 0.6) is 0 Å². The Morgan fingerprint density at radius 2 is 1.18 bits per heavy atom. The summed E-state index contributed by atoms with van der Waals surface area (Å²) in [5.74, 6) is 0. The Bertz CT molecular complexity index is 161. The minimum atomic E-state index is -4.67. The predicted octanol–water partition coefficient (Wildman–Crippen LogP) is -9.09. The third-order valence-electron chi connectivity index (χ3n) is 0. The largest absolute Gasteiger partial charge is 1.00 e. The van der Waals surface area contributed by atoms with E-state index in [0.29, 0.717) is 0 Å². The van der Waals surface area contributed by atoms with Crippen LogP contribution < -0.4 is 58.6 Å². The fourth-order valence-corrected chi connectivity index (χ4v) is 0. The molecule has 0 aromatic heterocycles. The number of carbonyl (C=O) groups excluding carboxylic acids is 1. The van der Waals surface area contributed by atoms with Crippen molar-refractivity contribution in [2.45, 2.75) is 0 Å². The van der Waals surface area contributed by atoms with E-state index < -0.39 is 16.6 Å². The molecule has 0 fully saturated rings. The molecule has 0 aliphatic carbocycles. The second kappa shape index (κ2) is 10.7. The summed E-state index contributed by atoms with van der Waals surface area (Å²) in [5.41, 5.74) is 0. The second-order valence-corrected chi connectivity index (χ2v) is 1.59. The molecule has 56 valence electrons. The fraction of sp³-hybridized carbons (Fsp3) is 0. The predicted molar refractivity (Wildman–Crippen MR) is 19.6 cm³/mol. The van der Waals surface area contributed by atoms with Crippen molar-refractivity contribution in [3.05, 3.63) is 0 Å². The van der Waals surface area contributed by atoms with Gasteiger partial charge >= 0.3 is 58.8 Å². The minimum absolute atomic E-state index is 0. The Balaban J connectivity index is -0.0000000383. The molecule has 0 saturated carbocycles. The van der Waals surface area contributed by atoms with Gasteiger partial charge < -0.3 is 15.0 Å². The van der Waals surface area contributed by atoms with Crippen molar-refractivity contribution in [3.63, 3.8) is 0 Å².